The lowest BCUT2D eigenvalue weighted by Crippen LogP contribution is -2.36. The van der Waals surface area contributed by atoms with Crippen LogP contribution in [-0.4, -0.2) is 17.8 Å². The Hall–Kier alpha value is -0.640. The molecule has 100 valence electrons. The van der Waals surface area contributed by atoms with Gasteiger partial charge < -0.3 is 10.4 Å². The Bertz CT molecular complexity index is 373. The van der Waals surface area contributed by atoms with Crippen LogP contribution in [0.25, 0.3) is 0 Å². The van der Waals surface area contributed by atoms with E-state index in [-0.39, 0.29) is 18.5 Å². The van der Waals surface area contributed by atoms with Crippen LogP contribution in [0.3, 0.4) is 0 Å². The smallest absolute Gasteiger partial charge is 0.125 e. The highest BCUT2D eigenvalue weighted by Gasteiger charge is 2.19. The van der Waals surface area contributed by atoms with Crippen LogP contribution in [0, 0.1) is 5.82 Å². The quantitative estimate of drug-likeness (QED) is 0.879. The van der Waals surface area contributed by atoms with Crippen LogP contribution in [0.5, 0.6) is 0 Å². The van der Waals surface area contributed by atoms with E-state index in [0.717, 1.165) is 12.8 Å². The van der Waals surface area contributed by atoms with Gasteiger partial charge in [0.15, 0.2) is 0 Å². The Morgan fingerprint density at radius 2 is 2.00 bits per heavy atom. The Kier molecular flexibility index (Phi) is 4.98. The number of hydrogen-bond donors (Lipinski definition) is 2. The number of rotatable bonds is 4. The second-order valence-electron chi connectivity index (χ2n) is 4.94. The molecule has 0 heterocycles. The van der Waals surface area contributed by atoms with E-state index in [2.05, 4.69) is 5.32 Å². The zero-order valence-electron chi connectivity index (χ0n) is 10.3. The van der Waals surface area contributed by atoms with Crippen LogP contribution >= 0.6 is 11.6 Å². The summed E-state index contributed by atoms with van der Waals surface area (Å²) >= 11 is 5.84. The topological polar surface area (TPSA) is 32.3 Å². The Balaban J connectivity index is 2.06. The third-order valence-electron chi connectivity index (χ3n) is 3.51. The molecule has 1 aliphatic rings. The number of aliphatic hydroxyl groups excluding tert-OH is 1. The first-order valence-electron chi connectivity index (χ1n) is 6.52. The standard InChI is InChI=1S/C14H19ClFNO/c15-11-6-10(7-12(16)8-11)14(9-18)17-13-4-2-1-3-5-13/h6-8,13-14,17-18H,1-5,9H2. The summed E-state index contributed by atoms with van der Waals surface area (Å²) in [6.07, 6.45) is 5.98. The zero-order chi connectivity index (χ0) is 13.0. The van der Waals surface area contributed by atoms with Gasteiger partial charge in [0.25, 0.3) is 0 Å². The van der Waals surface area contributed by atoms with Gasteiger partial charge in [-0.2, -0.15) is 0 Å². The molecule has 2 nitrogen and oxygen atoms in total. The predicted molar refractivity (Wildman–Crippen MR) is 71.2 cm³/mol. The lowest BCUT2D eigenvalue weighted by atomic mass is 9.94. The van der Waals surface area contributed by atoms with Gasteiger partial charge in [-0.25, -0.2) is 4.39 Å². The summed E-state index contributed by atoms with van der Waals surface area (Å²) in [4.78, 5) is 0. The summed E-state index contributed by atoms with van der Waals surface area (Å²) in [6, 6.07) is 4.60. The van der Waals surface area contributed by atoms with Gasteiger partial charge >= 0.3 is 0 Å². The van der Waals surface area contributed by atoms with Gasteiger partial charge in [0.1, 0.15) is 5.82 Å². The van der Waals surface area contributed by atoms with Crippen LogP contribution in [0.4, 0.5) is 4.39 Å². The van der Waals surface area contributed by atoms with E-state index in [1.807, 2.05) is 0 Å². The molecule has 0 radical (unpaired) electrons. The zero-order valence-corrected chi connectivity index (χ0v) is 11.1. The van der Waals surface area contributed by atoms with E-state index < -0.39 is 0 Å². The maximum absolute atomic E-state index is 13.3. The van der Waals surface area contributed by atoms with Crippen LogP contribution in [0.15, 0.2) is 18.2 Å². The molecule has 2 rings (SSSR count). The van der Waals surface area contributed by atoms with Gasteiger partial charge in [0.05, 0.1) is 12.6 Å². The molecular formula is C14H19ClFNO. The van der Waals surface area contributed by atoms with E-state index in [1.165, 1.54) is 31.4 Å². The minimum Gasteiger partial charge on any atom is -0.394 e. The minimum atomic E-state index is -0.360. The normalized spacial score (nSPS) is 18.8. The molecule has 0 aromatic heterocycles. The third kappa shape index (κ3) is 3.67. The summed E-state index contributed by atoms with van der Waals surface area (Å²) in [5.41, 5.74) is 0.716. The highest BCUT2D eigenvalue weighted by Crippen LogP contribution is 2.24. The number of nitrogens with one attached hydrogen (secondary N) is 1. The van der Waals surface area contributed by atoms with Gasteiger partial charge in [-0.05, 0) is 36.6 Å². The van der Waals surface area contributed by atoms with Crippen molar-refractivity contribution in [3.63, 3.8) is 0 Å². The fraction of sp³-hybridized carbons (Fsp3) is 0.571. The van der Waals surface area contributed by atoms with Crippen LogP contribution in [-0.2, 0) is 0 Å². The van der Waals surface area contributed by atoms with E-state index in [9.17, 15) is 9.50 Å². The fourth-order valence-electron chi connectivity index (χ4n) is 2.58. The molecule has 4 heteroatoms. The van der Waals surface area contributed by atoms with Gasteiger partial charge in [-0.15, -0.1) is 0 Å². The minimum absolute atomic E-state index is 0.0454. The molecule has 2 N–H and O–H groups in total. The second kappa shape index (κ2) is 6.50. The molecule has 1 saturated carbocycles. The third-order valence-corrected chi connectivity index (χ3v) is 3.73. The second-order valence-corrected chi connectivity index (χ2v) is 5.38. The maximum atomic E-state index is 13.3. The van der Waals surface area contributed by atoms with Crippen molar-refractivity contribution < 1.29 is 9.50 Å². The molecule has 0 bridgehead atoms. The summed E-state index contributed by atoms with van der Waals surface area (Å²) in [7, 11) is 0. The number of hydrogen-bond acceptors (Lipinski definition) is 2. The molecule has 1 aromatic carbocycles. The first-order valence-corrected chi connectivity index (χ1v) is 6.89. The largest absolute Gasteiger partial charge is 0.394 e. The van der Waals surface area contributed by atoms with Crippen molar-refractivity contribution in [1.82, 2.24) is 5.32 Å². The lowest BCUT2D eigenvalue weighted by Gasteiger charge is -2.28. The van der Waals surface area contributed by atoms with E-state index in [4.69, 9.17) is 11.6 Å². The van der Waals surface area contributed by atoms with Crippen molar-refractivity contribution in [3.05, 3.63) is 34.6 Å². The molecule has 1 atom stereocenters. The van der Waals surface area contributed by atoms with Gasteiger partial charge in [-0.3, -0.25) is 0 Å². The average Bonchev–Trinajstić information content (AvgIpc) is 2.36. The highest BCUT2D eigenvalue weighted by molar-refractivity contribution is 6.30. The fourth-order valence-corrected chi connectivity index (χ4v) is 2.81. The first kappa shape index (κ1) is 13.8. The maximum Gasteiger partial charge on any atom is 0.125 e. The molecule has 0 spiro atoms. The number of benzene rings is 1. The SMILES string of the molecule is OCC(NC1CCCCC1)c1cc(F)cc(Cl)c1. The van der Waals surface area contributed by atoms with Crippen molar-refractivity contribution in [3.8, 4) is 0 Å². The molecule has 1 aromatic rings. The van der Waals surface area contributed by atoms with E-state index >= 15 is 0 Å². The van der Waals surface area contributed by atoms with Crippen molar-refractivity contribution in [2.24, 2.45) is 0 Å². The first-order chi connectivity index (χ1) is 8.69. The highest BCUT2D eigenvalue weighted by atomic mass is 35.5. The van der Waals surface area contributed by atoms with Crippen LogP contribution < -0.4 is 5.32 Å². The monoisotopic (exact) mass is 271 g/mol. The van der Waals surface area contributed by atoms with E-state index in [1.54, 1.807) is 6.07 Å². The summed E-state index contributed by atoms with van der Waals surface area (Å²) in [5.74, 6) is -0.360. The Morgan fingerprint density at radius 1 is 1.28 bits per heavy atom. The van der Waals surface area contributed by atoms with Gasteiger partial charge in [0.2, 0.25) is 0 Å². The van der Waals surface area contributed by atoms with E-state index in [0.29, 0.717) is 16.6 Å². The molecule has 0 saturated heterocycles. The summed E-state index contributed by atoms with van der Waals surface area (Å²) in [5, 5.41) is 13.2. The average molecular weight is 272 g/mol. The van der Waals surface area contributed by atoms with Crippen molar-refractivity contribution in [1.29, 1.82) is 0 Å². The molecule has 0 aliphatic heterocycles. The molecule has 18 heavy (non-hydrogen) atoms. The van der Waals surface area contributed by atoms with Gasteiger partial charge in [0, 0.05) is 11.1 Å². The summed E-state index contributed by atoms with van der Waals surface area (Å²) < 4.78 is 13.3. The van der Waals surface area contributed by atoms with Crippen molar-refractivity contribution >= 4 is 11.6 Å². The Morgan fingerprint density at radius 3 is 2.61 bits per heavy atom. The molecular weight excluding hydrogens is 253 g/mol. The molecule has 1 unspecified atom stereocenters. The molecule has 1 fully saturated rings. The van der Waals surface area contributed by atoms with Crippen LogP contribution in [0.1, 0.15) is 43.7 Å². The van der Waals surface area contributed by atoms with Gasteiger partial charge in [-0.1, -0.05) is 30.9 Å². The Labute approximate surface area is 112 Å². The lowest BCUT2D eigenvalue weighted by molar-refractivity contribution is 0.220. The van der Waals surface area contributed by atoms with Crippen molar-refractivity contribution in [2.75, 3.05) is 6.61 Å². The number of halogens is 2. The summed E-state index contributed by atoms with van der Waals surface area (Å²) in [6.45, 7) is -0.0454. The molecule has 1 aliphatic carbocycles. The number of aliphatic hydroxyl groups is 1. The predicted octanol–water partition coefficient (Wildman–Crippen LogP) is 3.43. The van der Waals surface area contributed by atoms with Crippen molar-refractivity contribution in [2.45, 2.75) is 44.2 Å². The molecule has 0 amide bonds. The van der Waals surface area contributed by atoms with Crippen LogP contribution in [0.2, 0.25) is 5.02 Å².